The van der Waals surface area contributed by atoms with E-state index in [1.807, 2.05) is 32.0 Å². The number of nitrogens with one attached hydrogen (secondary N) is 2. The molecule has 4 rings (SSSR count). The van der Waals surface area contributed by atoms with E-state index in [-0.39, 0.29) is 18.0 Å². The summed E-state index contributed by atoms with van der Waals surface area (Å²) >= 11 is 6.54. The van der Waals surface area contributed by atoms with Crippen molar-refractivity contribution in [2.24, 2.45) is 0 Å². The Labute approximate surface area is 218 Å². The number of rotatable bonds is 8. The van der Waals surface area contributed by atoms with Crippen molar-refractivity contribution in [1.29, 1.82) is 0 Å². The number of fused-ring (bicyclic) bond motifs is 1. The van der Waals surface area contributed by atoms with Gasteiger partial charge in [0.15, 0.2) is 0 Å². The van der Waals surface area contributed by atoms with Gasteiger partial charge in [-0.2, -0.15) is 0 Å². The van der Waals surface area contributed by atoms with E-state index in [4.69, 9.17) is 11.6 Å². The van der Waals surface area contributed by atoms with Crippen molar-refractivity contribution < 1.29 is 4.79 Å². The van der Waals surface area contributed by atoms with Crippen LogP contribution in [0.5, 0.6) is 0 Å². The van der Waals surface area contributed by atoms with Crippen LogP contribution in [-0.4, -0.2) is 53.1 Å². The summed E-state index contributed by atoms with van der Waals surface area (Å²) in [6, 6.07) is 8.63. The Kier molecular flexibility index (Phi) is 8.10. The smallest absolute Gasteiger partial charge is 0.274 e. The van der Waals surface area contributed by atoms with Crippen LogP contribution in [0.1, 0.15) is 66.6 Å². The second-order valence-electron chi connectivity index (χ2n) is 10.0. The van der Waals surface area contributed by atoms with Gasteiger partial charge >= 0.3 is 0 Å². The molecule has 1 saturated carbocycles. The number of nitrogens with zero attached hydrogens (tertiary/aromatic N) is 3. The number of hydrogen-bond acceptors (Lipinski definition) is 4. The zero-order valence-corrected chi connectivity index (χ0v) is 22.8. The monoisotopic (exact) mass is 511 g/mol. The normalized spacial score (nSPS) is 18.1. The van der Waals surface area contributed by atoms with Gasteiger partial charge < -0.3 is 15.1 Å². The van der Waals surface area contributed by atoms with Crippen LogP contribution in [0.2, 0.25) is 5.02 Å². The van der Waals surface area contributed by atoms with Crippen LogP contribution < -0.4 is 15.8 Å². The number of benzene rings is 1. The Morgan fingerprint density at radius 3 is 2.47 bits per heavy atom. The highest BCUT2D eigenvalue weighted by Crippen LogP contribution is 2.34. The van der Waals surface area contributed by atoms with E-state index in [0.29, 0.717) is 34.7 Å². The lowest BCUT2D eigenvalue weighted by atomic mass is 9.89. The van der Waals surface area contributed by atoms with Gasteiger partial charge in [0.25, 0.3) is 11.5 Å². The van der Waals surface area contributed by atoms with Crippen LogP contribution in [0.25, 0.3) is 5.52 Å². The van der Waals surface area contributed by atoms with E-state index in [1.165, 1.54) is 17.4 Å². The van der Waals surface area contributed by atoms with E-state index >= 15 is 0 Å². The molecule has 0 radical (unpaired) electrons. The van der Waals surface area contributed by atoms with Crippen molar-refractivity contribution in [3.05, 3.63) is 68.1 Å². The molecule has 1 fully saturated rings. The molecule has 7 nitrogen and oxygen atoms in total. The van der Waals surface area contributed by atoms with Gasteiger partial charge in [0.05, 0.1) is 5.52 Å². The molecule has 2 heterocycles. The molecule has 2 N–H and O–H groups in total. The molecular formula is C28H38ClN5O2. The summed E-state index contributed by atoms with van der Waals surface area (Å²) in [6.07, 6.45) is 7.03. The summed E-state index contributed by atoms with van der Waals surface area (Å²) in [6.45, 7) is 7.19. The van der Waals surface area contributed by atoms with E-state index in [9.17, 15) is 9.59 Å². The number of carbonyl (C=O) groups excluding carboxylic acids is 1. The zero-order chi connectivity index (χ0) is 26.0. The van der Waals surface area contributed by atoms with Crippen molar-refractivity contribution in [3.8, 4) is 0 Å². The molecule has 194 valence electrons. The second kappa shape index (κ2) is 11.1. The number of anilines is 1. The number of aromatic nitrogens is 2. The summed E-state index contributed by atoms with van der Waals surface area (Å²) in [7, 11) is 4.31. The number of H-pyrrole nitrogens is 1. The van der Waals surface area contributed by atoms with E-state index < -0.39 is 0 Å². The highest BCUT2D eigenvalue weighted by molar-refractivity contribution is 6.31. The first-order valence-electron chi connectivity index (χ1n) is 13.0. The molecule has 3 aromatic rings. The maximum atomic E-state index is 13.4. The average Bonchev–Trinajstić information content (AvgIpc) is 3.34. The number of amides is 1. The number of aromatic amines is 1. The molecule has 0 bridgehead atoms. The fraction of sp³-hybridized carbons (Fsp3) is 0.500. The summed E-state index contributed by atoms with van der Waals surface area (Å²) in [4.78, 5) is 31.1. The molecule has 36 heavy (non-hydrogen) atoms. The first-order valence-corrected chi connectivity index (χ1v) is 13.3. The molecule has 0 aliphatic heterocycles. The van der Waals surface area contributed by atoms with Gasteiger partial charge in [0, 0.05) is 53.2 Å². The van der Waals surface area contributed by atoms with Crippen molar-refractivity contribution in [1.82, 2.24) is 19.8 Å². The summed E-state index contributed by atoms with van der Waals surface area (Å²) in [5, 5.41) is 6.48. The number of halogens is 1. The summed E-state index contributed by atoms with van der Waals surface area (Å²) in [5.41, 5.74) is 4.71. The first kappa shape index (κ1) is 26.3. The van der Waals surface area contributed by atoms with Crippen LogP contribution in [0.3, 0.4) is 0 Å². The quantitative estimate of drug-likeness (QED) is 0.456. The van der Waals surface area contributed by atoms with Gasteiger partial charge in [0.2, 0.25) is 0 Å². The van der Waals surface area contributed by atoms with Gasteiger partial charge in [-0.05, 0) is 95.4 Å². The molecule has 2 aromatic heterocycles. The van der Waals surface area contributed by atoms with Crippen molar-refractivity contribution in [2.75, 3.05) is 25.5 Å². The van der Waals surface area contributed by atoms with Gasteiger partial charge in [-0.15, -0.1) is 0 Å². The maximum absolute atomic E-state index is 13.4. The average molecular weight is 512 g/mol. The van der Waals surface area contributed by atoms with Crippen LogP contribution in [0.4, 0.5) is 5.69 Å². The molecule has 0 spiro atoms. The summed E-state index contributed by atoms with van der Waals surface area (Å²) < 4.78 is 1.51. The Bertz CT molecular complexity index is 1290. The summed E-state index contributed by atoms with van der Waals surface area (Å²) in [5.74, 6) is -0.221. The minimum atomic E-state index is -0.221. The molecule has 1 aliphatic carbocycles. The number of carbonyl (C=O) groups is 1. The molecular weight excluding hydrogens is 474 g/mol. The largest absolute Gasteiger partial charge is 0.369 e. The van der Waals surface area contributed by atoms with Gasteiger partial charge in [-0.25, -0.2) is 4.52 Å². The Morgan fingerprint density at radius 1 is 1.14 bits per heavy atom. The third-order valence-corrected chi connectivity index (χ3v) is 7.99. The molecule has 0 saturated heterocycles. The first-order chi connectivity index (χ1) is 17.2. The third kappa shape index (κ3) is 5.18. The van der Waals surface area contributed by atoms with Crippen LogP contribution in [-0.2, 0) is 13.0 Å². The van der Waals surface area contributed by atoms with E-state index in [2.05, 4.69) is 41.2 Å². The number of aryl methyl sites for hydroxylation is 1. The lowest BCUT2D eigenvalue weighted by molar-refractivity contribution is 0.0950. The lowest BCUT2D eigenvalue weighted by Crippen LogP contribution is -2.42. The fourth-order valence-electron chi connectivity index (χ4n) is 5.65. The standard InChI is InChI=1S/C28H38ClN5O2/c1-6-19-14-23-12-13-31-34(23)28(36)25(19)17-30-27(35)24-15-20(29)16-26(18(24)3)33(7-2)22-10-8-21(9-11-22)32(4)5/h12-16,21-22,31H,6-11,17H2,1-5H3,(H,30,35)/t21-,22-. The van der Waals surface area contributed by atoms with Crippen LogP contribution in [0, 0.1) is 6.92 Å². The molecule has 0 atom stereocenters. The van der Waals surface area contributed by atoms with Gasteiger partial charge in [-0.3, -0.25) is 14.7 Å². The lowest BCUT2D eigenvalue weighted by Gasteiger charge is -2.40. The highest BCUT2D eigenvalue weighted by atomic mass is 35.5. The van der Waals surface area contributed by atoms with E-state index in [1.54, 1.807) is 12.3 Å². The molecule has 8 heteroatoms. The third-order valence-electron chi connectivity index (χ3n) is 7.77. The van der Waals surface area contributed by atoms with E-state index in [0.717, 1.165) is 41.7 Å². The zero-order valence-electron chi connectivity index (χ0n) is 22.0. The minimum Gasteiger partial charge on any atom is -0.369 e. The number of hydrogen-bond donors (Lipinski definition) is 2. The van der Waals surface area contributed by atoms with Crippen LogP contribution in [0.15, 0.2) is 35.3 Å². The number of pyridine rings is 1. The molecule has 1 aromatic carbocycles. The van der Waals surface area contributed by atoms with Crippen molar-refractivity contribution in [2.45, 2.75) is 71.5 Å². The predicted octanol–water partition coefficient (Wildman–Crippen LogP) is 4.78. The van der Waals surface area contributed by atoms with Gasteiger partial charge in [-0.1, -0.05) is 18.5 Å². The Balaban J connectivity index is 1.57. The fourth-order valence-corrected chi connectivity index (χ4v) is 5.86. The van der Waals surface area contributed by atoms with Crippen LogP contribution >= 0.6 is 11.6 Å². The minimum absolute atomic E-state index is 0.136. The molecule has 0 unspecified atom stereocenters. The molecule has 1 amide bonds. The SMILES string of the molecule is CCc1cc2cc[nH]n2c(=O)c1CNC(=O)c1cc(Cl)cc(N(CC)[C@H]2CC[C@H](N(C)C)CC2)c1C. The molecule has 1 aliphatic rings. The predicted molar refractivity (Wildman–Crippen MR) is 148 cm³/mol. The Hall–Kier alpha value is -2.77. The van der Waals surface area contributed by atoms with Crippen molar-refractivity contribution >= 4 is 28.7 Å². The highest BCUT2D eigenvalue weighted by Gasteiger charge is 2.28. The topological polar surface area (TPSA) is 72.8 Å². The maximum Gasteiger partial charge on any atom is 0.274 e. The Morgan fingerprint density at radius 2 is 1.83 bits per heavy atom. The van der Waals surface area contributed by atoms with Gasteiger partial charge in [0.1, 0.15) is 0 Å². The van der Waals surface area contributed by atoms with Crippen molar-refractivity contribution in [3.63, 3.8) is 0 Å². The second-order valence-corrected chi connectivity index (χ2v) is 10.5.